The van der Waals surface area contributed by atoms with Gasteiger partial charge >= 0.3 is 0 Å². The van der Waals surface area contributed by atoms with E-state index in [1.165, 1.54) is 11.4 Å². The number of nitrogens with zero attached hydrogens (tertiary/aromatic N) is 4. The van der Waals surface area contributed by atoms with E-state index in [9.17, 15) is 0 Å². The maximum atomic E-state index is 6.35. The van der Waals surface area contributed by atoms with E-state index in [1.807, 2.05) is 24.7 Å². The van der Waals surface area contributed by atoms with Crippen LogP contribution in [0.15, 0.2) is 36.8 Å². The van der Waals surface area contributed by atoms with Crippen molar-refractivity contribution >= 4 is 5.69 Å². The largest absolute Gasteiger partial charge is 0.497 e. The summed E-state index contributed by atoms with van der Waals surface area (Å²) < 4.78 is 13.7. The topological polar surface area (TPSA) is 42.8 Å². The Kier molecular flexibility index (Phi) is 4.87. The number of benzene rings is 1. The Morgan fingerprint density at radius 1 is 1.19 bits per heavy atom. The maximum Gasteiger partial charge on any atom is 0.119 e. The zero-order valence-electron chi connectivity index (χ0n) is 15.7. The van der Waals surface area contributed by atoms with Gasteiger partial charge in [0.05, 0.1) is 31.3 Å². The van der Waals surface area contributed by atoms with E-state index in [-0.39, 0.29) is 5.60 Å². The van der Waals surface area contributed by atoms with Crippen molar-refractivity contribution in [2.24, 2.45) is 7.05 Å². The van der Waals surface area contributed by atoms with Crippen LogP contribution in [0.3, 0.4) is 0 Å². The number of aromatic nitrogens is 2. The monoisotopic (exact) mass is 356 g/mol. The van der Waals surface area contributed by atoms with Gasteiger partial charge in [-0.2, -0.15) is 0 Å². The third-order valence-corrected chi connectivity index (χ3v) is 5.61. The number of anilines is 1. The number of ether oxygens (including phenoxy) is 2. The zero-order valence-corrected chi connectivity index (χ0v) is 15.7. The summed E-state index contributed by atoms with van der Waals surface area (Å²) in [7, 11) is 3.77. The molecular formula is C20H28N4O2. The lowest BCUT2D eigenvalue weighted by molar-refractivity contribution is -0.116. The molecule has 4 rings (SSSR count). The van der Waals surface area contributed by atoms with E-state index in [4.69, 9.17) is 9.47 Å². The van der Waals surface area contributed by atoms with Gasteiger partial charge in [0.25, 0.3) is 0 Å². The molecule has 0 amide bonds. The van der Waals surface area contributed by atoms with Crippen LogP contribution in [0.5, 0.6) is 5.75 Å². The molecular weight excluding hydrogens is 328 g/mol. The molecule has 2 aliphatic rings. The van der Waals surface area contributed by atoms with E-state index < -0.39 is 0 Å². The first-order valence-electron chi connectivity index (χ1n) is 9.38. The van der Waals surface area contributed by atoms with Crippen LogP contribution in [0.2, 0.25) is 0 Å². The van der Waals surface area contributed by atoms with Crippen LogP contribution in [-0.4, -0.2) is 59.9 Å². The number of hydrogen-bond donors (Lipinski definition) is 0. The van der Waals surface area contributed by atoms with Crippen LogP contribution in [0.4, 0.5) is 5.69 Å². The predicted octanol–water partition coefficient (Wildman–Crippen LogP) is 2.30. The van der Waals surface area contributed by atoms with Crippen molar-refractivity contribution in [2.75, 3.05) is 44.8 Å². The molecule has 140 valence electrons. The molecule has 2 saturated heterocycles. The fourth-order valence-corrected chi connectivity index (χ4v) is 4.18. The highest BCUT2D eigenvalue weighted by atomic mass is 16.5. The van der Waals surface area contributed by atoms with E-state index in [2.05, 4.69) is 38.5 Å². The molecule has 6 heteroatoms. The average molecular weight is 356 g/mol. The molecule has 0 radical (unpaired) electrons. The summed E-state index contributed by atoms with van der Waals surface area (Å²) in [6.07, 6.45) is 6.12. The number of rotatable bonds is 4. The molecule has 1 atom stereocenters. The Balaban J connectivity index is 1.45. The van der Waals surface area contributed by atoms with Crippen molar-refractivity contribution in [3.8, 4) is 5.75 Å². The Morgan fingerprint density at radius 2 is 2.04 bits per heavy atom. The molecule has 6 nitrogen and oxygen atoms in total. The first-order valence-corrected chi connectivity index (χ1v) is 9.38. The highest BCUT2D eigenvalue weighted by Crippen LogP contribution is 2.32. The van der Waals surface area contributed by atoms with Crippen LogP contribution >= 0.6 is 0 Å². The Hall–Kier alpha value is -2.05. The summed E-state index contributed by atoms with van der Waals surface area (Å²) in [6, 6.07) is 8.36. The van der Waals surface area contributed by atoms with Gasteiger partial charge in [0, 0.05) is 51.7 Å². The molecule has 1 spiro atoms. The molecule has 1 unspecified atom stereocenters. The van der Waals surface area contributed by atoms with Crippen molar-refractivity contribution in [3.63, 3.8) is 0 Å². The quantitative estimate of drug-likeness (QED) is 0.841. The zero-order chi connectivity index (χ0) is 18.0. The first kappa shape index (κ1) is 17.4. The molecule has 0 saturated carbocycles. The lowest BCUT2D eigenvalue weighted by atomic mass is 9.90. The fraction of sp³-hybridized carbons (Fsp3) is 0.550. The van der Waals surface area contributed by atoms with E-state index >= 15 is 0 Å². The number of piperidine rings is 1. The molecule has 0 bridgehead atoms. The molecule has 0 aliphatic carbocycles. The second-order valence-electron chi connectivity index (χ2n) is 7.46. The Labute approximate surface area is 155 Å². The summed E-state index contributed by atoms with van der Waals surface area (Å²) >= 11 is 0. The van der Waals surface area contributed by atoms with Crippen molar-refractivity contribution < 1.29 is 9.47 Å². The van der Waals surface area contributed by atoms with Gasteiger partial charge in [-0.1, -0.05) is 0 Å². The minimum Gasteiger partial charge on any atom is -0.497 e. The summed E-state index contributed by atoms with van der Waals surface area (Å²) in [6.45, 7) is 5.72. The number of imidazole rings is 1. The first-order chi connectivity index (χ1) is 12.7. The van der Waals surface area contributed by atoms with Crippen molar-refractivity contribution in [1.29, 1.82) is 0 Å². The van der Waals surface area contributed by atoms with Gasteiger partial charge in [-0.05, 0) is 37.1 Å². The SMILES string of the molecule is COc1ccc(N2CCCC3(CN(Cc4cncn4C)CCO3)C2)cc1. The van der Waals surface area contributed by atoms with Crippen LogP contribution < -0.4 is 9.64 Å². The lowest BCUT2D eigenvalue weighted by Gasteiger charge is -2.48. The van der Waals surface area contributed by atoms with Gasteiger partial charge in [0.2, 0.25) is 0 Å². The molecule has 2 aromatic rings. The third kappa shape index (κ3) is 3.57. The minimum atomic E-state index is -0.0744. The summed E-state index contributed by atoms with van der Waals surface area (Å²) in [5.74, 6) is 0.900. The van der Waals surface area contributed by atoms with Crippen LogP contribution in [-0.2, 0) is 18.3 Å². The molecule has 1 aromatic carbocycles. The highest BCUT2D eigenvalue weighted by molar-refractivity contribution is 5.50. The number of aryl methyl sites for hydroxylation is 1. The normalized spacial score (nSPS) is 24.2. The smallest absolute Gasteiger partial charge is 0.119 e. The molecule has 2 fully saturated rings. The molecule has 2 aliphatic heterocycles. The van der Waals surface area contributed by atoms with Crippen LogP contribution in [0.25, 0.3) is 0 Å². The molecule has 26 heavy (non-hydrogen) atoms. The van der Waals surface area contributed by atoms with Crippen molar-refractivity contribution in [2.45, 2.75) is 25.0 Å². The Bertz CT molecular complexity index is 726. The molecule has 3 heterocycles. The highest BCUT2D eigenvalue weighted by Gasteiger charge is 2.40. The van der Waals surface area contributed by atoms with Crippen molar-refractivity contribution in [1.82, 2.24) is 14.5 Å². The van der Waals surface area contributed by atoms with Crippen LogP contribution in [0.1, 0.15) is 18.5 Å². The van der Waals surface area contributed by atoms with Gasteiger partial charge in [-0.25, -0.2) is 4.98 Å². The second-order valence-corrected chi connectivity index (χ2v) is 7.46. The minimum absolute atomic E-state index is 0.0744. The predicted molar refractivity (Wildman–Crippen MR) is 102 cm³/mol. The number of morpholine rings is 1. The van der Waals surface area contributed by atoms with Gasteiger partial charge in [0.1, 0.15) is 5.75 Å². The third-order valence-electron chi connectivity index (χ3n) is 5.61. The molecule has 1 aromatic heterocycles. The molecule has 0 N–H and O–H groups in total. The lowest BCUT2D eigenvalue weighted by Crippen LogP contribution is -2.59. The maximum absolute atomic E-state index is 6.35. The summed E-state index contributed by atoms with van der Waals surface area (Å²) in [5.41, 5.74) is 2.43. The van der Waals surface area contributed by atoms with Crippen LogP contribution in [0, 0.1) is 0 Å². The summed E-state index contributed by atoms with van der Waals surface area (Å²) in [4.78, 5) is 9.21. The number of hydrogen-bond acceptors (Lipinski definition) is 5. The Morgan fingerprint density at radius 3 is 2.77 bits per heavy atom. The average Bonchev–Trinajstić information content (AvgIpc) is 3.06. The van der Waals surface area contributed by atoms with E-state index in [0.29, 0.717) is 0 Å². The van der Waals surface area contributed by atoms with Gasteiger partial charge < -0.3 is 18.9 Å². The number of methoxy groups -OCH3 is 1. The van der Waals surface area contributed by atoms with E-state index in [1.54, 1.807) is 7.11 Å². The fourth-order valence-electron chi connectivity index (χ4n) is 4.18. The second kappa shape index (κ2) is 7.29. The van der Waals surface area contributed by atoms with Gasteiger partial charge in [-0.3, -0.25) is 4.90 Å². The van der Waals surface area contributed by atoms with Gasteiger partial charge in [0.15, 0.2) is 0 Å². The van der Waals surface area contributed by atoms with Crippen molar-refractivity contribution in [3.05, 3.63) is 42.5 Å². The summed E-state index contributed by atoms with van der Waals surface area (Å²) in [5, 5.41) is 0. The van der Waals surface area contributed by atoms with E-state index in [0.717, 1.165) is 57.9 Å². The standard InChI is InChI=1S/C20H28N4O2/c1-22-16-21-12-18(22)13-23-10-11-26-20(14-23)8-3-9-24(15-20)17-4-6-19(25-2)7-5-17/h4-7,12,16H,3,8-11,13-15H2,1-2H3. The van der Waals surface area contributed by atoms with Gasteiger partial charge in [-0.15, -0.1) is 0 Å².